The van der Waals surface area contributed by atoms with Crippen LogP contribution in [0.1, 0.15) is 6.23 Å². The zero-order chi connectivity index (χ0) is 26.1. The summed E-state index contributed by atoms with van der Waals surface area (Å²) in [7, 11) is -5.03. The third-order valence-corrected chi connectivity index (χ3v) is 7.60. The fourth-order valence-electron chi connectivity index (χ4n) is 3.38. The van der Waals surface area contributed by atoms with Gasteiger partial charge >= 0.3 is 20.6 Å². The first-order valence-electron chi connectivity index (χ1n) is 9.97. The molecule has 0 bridgehead atoms. The summed E-state index contributed by atoms with van der Waals surface area (Å²) in [5.74, 6) is 0.0681. The normalized spacial score (nSPS) is 23.9. The smallest absolute Gasteiger partial charge is 0.438 e. The molecule has 4 rings (SSSR count). The lowest BCUT2D eigenvalue weighted by molar-refractivity contribution is -0.0511. The van der Waals surface area contributed by atoms with Gasteiger partial charge in [0.25, 0.3) is 0 Å². The summed E-state index contributed by atoms with van der Waals surface area (Å²) in [6, 6.07) is 8.36. The van der Waals surface area contributed by atoms with Crippen LogP contribution < -0.4 is 11.1 Å². The molecule has 1 unspecified atom stereocenters. The molecule has 3 heterocycles. The van der Waals surface area contributed by atoms with E-state index in [1.54, 1.807) is 30.3 Å². The second-order valence-electron chi connectivity index (χ2n) is 7.34. The van der Waals surface area contributed by atoms with E-state index >= 15 is 0 Å². The van der Waals surface area contributed by atoms with Crippen molar-refractivity contribution in [3.05, 3.63) is 43.0 Å². The van der Waals surface area contributed by atoms with Gasteiger partial charge in [-0.15, -0.1) is 0 Å². The minimum atomic E-state index is -5.03. The first-order valence-corrected chi connectivity index (χ1v) is 14.1. The maximum atomic E-state index is 12.6. The Hall–Kier alpha value is -2.56. The summed E-state index contributed by atoms with van der Waals surface area (Å²) < 4.78 is 33.3. The lowest BCUT2D eigenvalue weighted by atomic mass is 10.1. The van der Waals surface area contributed by atoms with Gasteiger partial charge in [0, 0.05) is 5.69 Å². The van der Waals surface area contributed by atoms with E-state index in [0.717, 1.165) is 0 Å². The largest absolute Gasteiger partial charge is 0.479 e. The Labute approximate surface area is 207 Å². The number of phosphoric ester groups is 1. The SMILES string of the molecule is Nc1ncnc2c1ncn2[C@@H]1O[C@H](COP(=O)(O)OP(O)(O)=S)[C@@H](O)[C@H]1OC(=O)Nc1ccccc1. The molecule has 0 saturated carbocycles. The zero-order valence-corrected chi connectivity index (χ0v) is 20.6. The van der Waals surface area contributed by atoms with Gasteiger partial charge in [-0.25, -0.2) is 28.6 Å². The lowest BCUT2D eigenvalue weighted by Crippen LogP contribution is -2.38. The molecule has 1 aromatic carbocycles. The maximum Gasteiger partial charge on any atom is 0.479 e. The number of nitrogens with one attached hydrogen (secondary N) is 1. The van der Waals surface area contributed by atoms with Crippen LogP contribution in [0.5, 0.6) is 0 Å². The molecule has 7 N–H and O–H groups in total. The van der Waals surface area contributed by atoms with E-state index < -0.39 is 51.8 Å². The number of aliphatic hydroxyl groups excluding tert-OH is 1. The summed E-state index contributed by atoms with van der Waals surface area (Å²) in [4.78, 5) is 52.5. The van der Waals surface area contributed by atoms with Crippen molar-refractivity contribution in [2.75, 3.05) is 17.7 Å². The molecule has 19 heteroatoms. The van der Waals surface area contributed by atoms with Crippen molar-refractivity contribution < 1.29 is 47.5 Å². The van der Waals surface area contributed by atoms with Crippen molar-refractivity contribution in [2.45, 2.75) is 24.5 Å². The number of aromatic nitrogens is 4. The van der Waals surface area contributed by atoms with Gasteiger partial charge in [0.2, 0.25) is 0 Å². The van der Waals surface area contributed by atoms with Crippen molar-refractivity contribution in [2.24, 2.45) is 0 Å². The van der Waals surface area contributed by atoms with Crippen LogP contribution in [0.4, 0.5) is 16.3 Å². The van der Waals surface area contributed by atoms with Crippen LogP contribution in [-0.4, -0.2) is 70.3 Å². The van der Waals surface area contributed by atoms with Gasteiger partial charge in [0.05, 0.1) is 12.9 Å². The van der Waals surface area contributed by atoms with Gasteiger partial charge < -0.3 is 35.0 Å². The number of imidazole rings is 1. The number of para-hydroxylation sites is 1. The Morgan fingerprint density at radius 2 is 1.94 bits per heavy atom. The molecule has 1 fully saturated rings. The van der Waals surface area contributed by atoms with E-state index in [2.05, 4.69) is 36.4 Å². The van der Waals surface area contributed by atoms with Gasteiger partial charge in [-0.2, -0.15) is 0 Å². The van der Waals surface area contributed by atoms with Gasteiger partial charge in [0.15, 0.2) is 23.8 Å². The predicted octanol–water partition coefficient (Wildman–Crippen LogP) is 0.627. The van der Waals surface area contributed by atoms with Crippen LogP contribution in [0.2, 0.25) is 0 Å². The number of nitrogens with two attached hydrogens (primary N) is 1. The quantitative estimate of drug-likeness (QED) is 0.207. The third kappa shape index (κ3) is 6.22. The lowest BCUT2D eigenvalue weighted by Gasteiger charge is -2.22. The highest BCUT2D eigenvalue weighted by atomic mass is 32.5. The molecule has 3 aromatic rings. The van der Waals surface area contributed by atoms with Crippen LogP contribution in [0, 0.1) is 0 Å². The van der Waals surface area contributed by atoms with Crippen LogP contribution in [0.25, 0.3) is 11.2 Å². The van der Waals surface area contributed by atoms with E-state index in [1.165, 1.54) is 17.2 Å². The van der Waals surface area contributed by atoms with Crippen molar-refractivity contribution in [3.8, 4) is 0 Å². The molecule has 2 aromatic heterocycles. The number of carbonyl (C=O) groups excluding carboxylic acids is 1. The summed E-state index contributed by atoms with van der Waals surface area (Å²) in [6.07, 6.45) is -4.08. The molecular weight excluding hydrogens is 542 g/mol. The van der Waals surface area contributed by atoms with E-state index in [4.69, 9.17) is 29.5 Å². The first kappa shape index (κ1) is 26.5. The molecule has 36 heavy (non-hydrogen) atoms. The van der Waals surface area contributed by atoms with E-state index in [1.807, 2.05) is 0 Å². The maximum absolute atomic E-state index is 12.6. The number of hydrogen-bond acceptors (Lipinski definition) is 12. The average molecular weight is 562 g/mol. The highest BCUT2D eigenvalue weighted by Gasteiger charge is 2.49. The number of nitrogen functional groups attached to an aromatic ring is 1. The highest BCUT2D eigenvalue weighted by Crippen LogP contribution is 2.58. The average Bonchev–Trinajstić information content (AvgIpc) is 3.34. The molecule has 0 aliphatic carbocycles. The molecule has 5 atom stereocenters. The van der Waals surface area contributed by atoms with Crippen LogP contribution in [0.15, 0.2) is 43.0 Å². The summed E-state index contributed by atoms with van der Waals surface area (Å²) >= 11 is 4.16. The fourth-order valence-corrected chi connectivity index (χ4v) is 5.74. The number of fused-ring (bicyclic) bond motifs is 1. The number of phosphoric acid groups is 1. The molecule has 0 spiro atoms. The van der Waals surface area contributed by atoms with E-state index in [-0.39, 0.29) is 17.0 Å². The second-order valence-corrected chi connectivity index (χ2v) is 11.6. The van der Waals surface area contributed by atoms with Crippen LogP contribution >= 0.6 is 14.5 Å². The number of aliphatic hydroxyl groups is 1. The van der Waals surface area contributed by atoms with Gasteiger partial charge in [-0.05, 0) is 23.9 Å². The van der Waals surface area contributed by atoms with Crippen molar-refractivity contribution in [3.63, 3.8) is 0 Å². The topological polar surface area (TPSA) is 234 Å². The number of nitrogens with zero attached hydrogens (tertiary/aromatic N) is 4. The summed E-state index contributed by atoms with van der Waals surface area (Å²) in [6.45, 7) is -5.32. The number of anilines is 2. The minimum Gasteiger partial charge on any atom is -0.438 e. The number of hydrogen-bond donors (Lipinski definition) is 6. The zero-order valence-electron chi connectivity index (χ0n) is 18.0. The molecule has 1 aliphatic heterocycles. The van der Waals surface area contributed by atoms with E-state index in [9.17, 15) is 19.4 Å². The number of rotatable bonds is 8. The molecule has 194 valence electrons. The molecule has 1 saturated heterocycles. The number of amides is 1. The second kappa shape index (κ2) is 10.4. The molecule has 0 radical (unpaired) electrons. The van der Waals surface area contributed by atoms with Crippen LogP contribution in [-0.2, 0) is 34.7 Å². The molecule has 16 nitrogen and oxygen atoms in total. The Balaban J connectivity index is 1.58. The Morgan fingerprint density at radius 3 is 2.64 bits per heavy atom. The van der Waals surface area contributed by atoms with Gasteiger partial charge in [-0.1, -0.05) is 18.2 Å². The van der Waals surface area contributed by atoms with Crippen LogP contribution in [0.3, 0.4) is 0 Å². The predicted molar refractivity (Wildman–Crippen MR) is 126 cm³/mol. The van der Waals surface area contributed by atoms with Crippen molar-refractivity contribution >= 4 is 55.1 Å². The number of ether oxygens (including phenoxy) is 2. The molecular formula is C17H20N6O10P2S. The van der Waals surface area contributed by atoms with E-state index in [0.29, 0.717) is 5.69 Å². The first-order chi connectivity index (χ1) is 16.9. The molecule has 1 aliphatic rings. The van der Waals surface area contributed by atoms with Crippen molar-refractivity contribution in [1.82, 2.24) is 19.5 Å². The fraction of sp³-hybridized carbons (Fsp3) is 0.294. The Kier molecular flexibility index (Phi) is 7.68. The summed E-state index contributed by atoms with van der Waals surface area (Å²) in [5.41, 5.74) is 6.64. The van der Waals surface area contributed by atoms with Crippen molar-refractivity contribution in [1.29, 1.82) is 0 Å². The van der Waals surface area contributed by atoms with Gasteiger partial charge in [-0.3, -0.25) is 14.4 Å². The third-order valence-electron chi connectivity index (χ3n) is 4.85. The Bertz CT molecular complexity index is 1340. The molecule has 1 amide bonds. The summed E-state index contributed by atoms with van der Waals surface area (Å²) in [5, 5.41) is 13.4. The Morgan fingerprint density at radius 1 is 1.22 bits per heavy atom. The minimum absolute atomic E-state index is 0.0681. The highest BCUT2D eigenvalue weighted by molar-refractivity contribution is 8.08. The number of benzene rings is 1. The monoisotopic (exact) mass is 562 g/mol. The number of carbonyl (C=O) groups is 1. The van der Waals surface area contributed by atoms with Gasteiger partial charge in [0.1, 0.15) is 24.1 Å². The standard InChI is InChI=1S/C17H20N6O10P2S/c18-14-11-15(20-7-19-14)23(8-21-11)16-13(32-17(25)22-9-4-2-1-3-5-9)12(24)10(31-16)6-30-34(26,27)33-35(28,29)36/h1-5,7-8,10,12-13,16,24H,6H2,(H,22,25)(H,26,27)(H2,18,19,20)(H2,28,29,36)/t10-,12-,13-,16-/m1/s1.